The van der Waals surface area contributed by atoms with Crippen LogP contribution >= 0.6 is 11.8 Å². The Morgan fingerprint density at radius 2 is 2.35 bits per heavy atom. The molecule has 94 valence electrons. The lowest BCUT2D eigenvalue weighted by atomic mass is 10.3. The number of aromatic nitrogens is 3. The summed E-state index contributed by atoms with van der Waals surface area (Å²) < 4.78 is 0. The maximum Gasteiger partial charge on any atom is 0.290 e. The number of H-pyrrole nitrogens is 1. The van der Waals surface area contributed by atoms with Crippen LogP contribution in [0.15, 0.2) is 0 Å². The maximum absolute atomic E-state index is 11.7. The van der Waals surface area contributed by atoms with Crippen molar-refractivity contribution in [2.75, 3.05) is 18.6 Å². The lowest BCUT2D eigenvalue weighted by Gasteiger charge is -2.01. The number of hydrogen-bond acceptors (Lipinski definition) is 4. The number of aromatic amines is 1. The van der Waals surface area contributed by atoms with Crippen molar-refractivity contribution in [2.45, 2.75) is 31.6 Å². The highest BCUT2D eigenvalue weighted by molar-refractivity contribution is 7.98. The minimum absolute atomic E-state index is 0.169. The van der Waals surface area contributed by atoms with Gasteiger partial charge in [0.05, 0.1) is 0 Å². The van der Waals surface area contributed by atoms with Crippen LogP contribution in [0.1, 0.15) is 48.0 Å². The highest BCUT2D eigenvalue weighted by atomic mass is 32.2. The van der Waals surface area contributed by atoms with Crippen LogP contribution in [0.3, 0.4) is 0 Å². The third-order valence-electron chi connectivity index (χ3n) is 2.73. The van der Waals surface area contributed by atoms with Crippen molar-refractivity contribution in [3.8, 4) is 0 Å². The highest BCUT2D eigenvalue weighted by Gasteiger charge is 2.28. The number of amides is 1. The van der Waals surface area contributed by atoms with E-state index in [-0.39, 0.29) is 11.7 Å². The van der Waals surface area contributed by atoms with Crippen LogP contribution in [-0.4, -0.2) is 39.6 Å². The zero-order valence-corrected chi connectivity index (χ0v) is 10.8. The molecule has 1 aliphatic rings. The minimum Gasteiger partial charge on any atom is -0.349 e. The molecular weight excluding hydrogens is 236 g/mol. The minimum atomic E-state index is -0.169. The van der Waals surface area contributed by atoms with Gasteiger partial charge < -0.3 is 5.32 Å². The van der Waals surface area contributed by atoms with Gasteiger partial charge in [-0.2, -0.15) is 11.8 Å². The summed E-state index contributed by atoms with van der Waals surface area (Å²) in [4.78, 5) is 15.9. The van der Waals surface area contributed by atoms with Crippen molar-refractivity contribution in [3.63, 3.8) is 0 Å². The number of thioether (sulfide) groups is 1. The van der Waals surface area contributed by atoms with E-state index < -0.39 is 0 Å². The van der Waals surface area contributed by atoms with Crippen molar-refractivity contribution in [2.24, 2.45) is 0 Å². The van der Waals surface area contributed by atoms with E-state index in [0.29, 0.717) is 12.5 Å². The van der Waals surface area contributed by atoms with Crippen molar-refractivity contribution >= 4 is 17.7 Å². The van der Waals surface area contributed by atoms with Crippen LogP contribution in [-0.2, 0) is 0 Å². The van der Waals surface area contributed by atoms with Crippen LogP contribution in [0.2, 0.25) is 0 Å². The van der Waals surface area contributed by atoms with E-state index in [0.717, 1.165) is 37.3 Å². The standard InChI is InChI=1S/C11H18N4OS/c1-17-7-3-2-6-12-11(16)10-13-9(14-15-10)8-4-5-8/h8H,2-7H2,1H3,(H,12,16)(H,13,14,15). The van der Waals surface area contributed by atoms with E-state index in [1.54, 1.807) is 0 Å². The summed E-state index contributed by atoms with van der Waals surface area (Å²) in [6.45, 7) is 0.701. The number of nitrogens with zero attached hydrogens (tertiary/aromatic N) is 2. The fourth-order valence-corrected chi connectivity index (χ4v) is 2.06. The van der Waals surface area contributed by atoms with E-state index in [9.17, 15) is 4.79 Å². The van der Waals surface area contributed by atoms with Gasteiger partial charge in [-0.3, -0.25) is 9.89 Å². The molecule has 0 unspecified atom stereocenters. The molecule has 0 aliphatic heterocycles. The second kappa shape index (κ2) is 6.05. The molecule has 1 aliphatic carbocycles. The molecule has 1 amide bonds. The maximum atomic E-state index is 11.7. The van der Waals surface area contributed by atoms with Crippen molar-refractivity contribution < 1.29 is 4.79 Å². The lowest BCUT2D eigenvalue weighted by Crippen LogP contribution is -2.25. The van der Waals surface area contributed by atoms with Gasteiger partial charge in [-0.15, -0.1) is 5.10 Å². The van der Waals surface area contributed by atoms with Gasteiger partial charge in [0.1, 0.15) is 5.82 Å². The molecule has 1 aromatic rings. The molecule has 0 atom stereocenters. The first kappa shape index (κ1) is 12.4. The monoisotopic (exact) mass is 254 g/mol. The summed E-state index contributed by atoms with van der Waals surface area (Å²) in [6.07, 6.45) is 6.54. The van der Waals surface area contributed by atoms with Crippen molar-refractivity contribution in [1.82, 2.24) is 20.5 Å². The second-order valence-electron chi connectivity index (χ2n) is 4.27. The molecular formula is C11H18N4OS. The lowest BCUT2D eigenvalue weighted by molar-refractivity contribution is 0.0943. The first-order chi connectivity index (χ1) is 8.31. The first-order valence-electron chi connectivity index (χ1n) is 6.00. The van der Waals surface area contributed by atoms with Crippen LogP contribution in [0.25, 0.3) is 0 Å². The zero-order valence-electron chi connectivity index (χ0n) is 10.0. The van der Waals surface area contributed by atoms with Gasteiger partial charge in [0.2, 0.25) is 5.82 Å². The molecule has 1 aromatic heterocycles. The molecule has 0 spiro atoms. The fourth-order valence-electron chi connectivity index (χ4n) is 1.57. The van der Waals surface area contributed by atoms with Gasteiger partial charge in [-0.1, -0.05) is 0 Å². The smallest absolute Gasteiger partial charge is 0.290 e. The predicted octanol–water partition coefficient (Wildman–Crippen LogP) is 1.56. The van der Waals surface area contributed by atoms with Gasteiger partial charge in [0.25, 0.3) is 5.91 Å². The second-order valence-corrected chi connectivity index (χ2v) is 5.26. The van der Waals surface area contributed by atoms with E-state index in [1.165, 1.54) is 0 Å². The molecule has 2 rings (SSSR count). The summed E-state index contributed by atoms with van der Waals surface area (Å²) in [6, 6.07) is 0. The van der Waals surface area contributed by atoms with Gasteiger partial charge >= 0.3 is 0 Å². The predicted molar refractivity (Wildman–Crippen MR) is 68.3 cm³/mol. The van der Waals surface area contributed by atoms with Crippen LogP contribution < -0.4 is 5.32 Å². The van der Waals surface area contributed by atoms with Crippen LogP contribution in [0.4, 0.5) is 0 Å². The molecule has 0 radical (unpaired) electrons. The SMILES string of the molecule is CSCCCCNC(=O)c1n[nH]c(C2CC2)n1. The van der Waals surface area contributed by atoms with Crippen molar-refractivity contribution in [1.29, 1.82) is 0 Å². The summed E-state index contributed by atoms with van der Waals surface area (Å²) in [7, 11) is 0. The molecule has 5 nitrogen and oxygen atoms in total. The number of nitrogens with one attached hydrogen (secondary N) is 2. The molecule has 1 fully saturated rings. The van der Waals surface area contributed by atoms with Gasteiger partial charge in [0.15, 0.2) is 0 Å². The third-order valence-corrected chi connectivity index (χ3v) is 3.43. The van der Waals surface area contributed by atoms with Crippen LogP contribution in [0.5, 0.6) is 0 Å². The Morgan fingerprint density at radius 3 is 3.06 bits per heavy atom. The Morgan fingerprint density at radius 1 is 1.53 bits per heavy atom. The van der Waals surface area contributed by atoms with E-state index in [1.807, 2.05) is 11.8 Å². The number of carbonyl (C=O) groups is 1. The topological polar surface area (TPSA) is 70.7 Å². The molecule has 2 N–H and O–H groups in total. The van der Waals surface area contributed by atoms with Crippen LogP contribution in [0, 0.1) is 0 Å². The average Bonchev–Trinajstić information content (AvgIpc) is 3.07. The molecule has 1 saturated carbocycles. The quantitative estimate of drug-likeness (QED) is 0.724. The fraction of sp³-hybridized carbons (Fsp3) is 0.727. The largest absolute Gasteiger partial charge is 0.349 e. The Labute approximate surface area is 105 Å². The summed E-state index contributed by atoms with van der Waals surface area (Å²) >= 11 is 1.83. The number of unbranched alkanes of at least 4 members (excludes halogenated alkanes) is 1. The van der Waals surface area contributed by atoms with Gasteiger partial charge in [-0.25, -0.2) is 4.98 Å². The van der Waals surface area contributed by atoms with Gasteiger partial charge in [0, 0.05) is 12.5 Å². The molecule has 0 bridgehead atoms. The van der Waals surface area contributed by atoms with E-state index >= 15 is 0 Å². The average molecular weight is 254 g/mol. The summed E-state index contributed by atoms with van der Waals surface area (Å²) in [5, 5.41) is 9.61. The Bertz CT molecular complexity index is 375. The van der Waals surface area contributed by atoms with E-state index in [4.69, 9.17) is 0 Å². The molecule has 6 heteroatoms. The van der Waals surface area contributed by atoms with Gasteiger partial charge in [-0.05, 0) is 37.7 Å². The zero-order chi connectivity index (χ0) is 12.1. The number of hydrogen-bond donors (Lipinski definition) is 2. The highest BCUT2D eigenvalue weighted by Crippen LogP contribution is 2.37. The summed E-state index contributed by atoms with van der Waals surface area (Å²) in [5.74, 6) is 2.61. The Kier molecular flexibility index (Phi) is 4.42. The number of rotatable bonds is 7. The summed E-state index contributed by atoms with van der Waals surface area (Å²) in [5.41, 5.74) is 0. The molecule has 0 aromatic carbocycles. The number of carbonyl (C=O) groups excluding carboxylic acids is 1. The Hall–Kier alpha value is -1.04. The van der Waals surface area contributed by atoms with E-state index in [2.05, 4.69) is 26.8 Å². The Balaban J connectivity index is 1.70. The molecule has 1 heterocycles. The van der Waals surface area contributed by atoms with Crippen molar-refractivity contribution in [3.05, 3.63) is 11.6 Å². The normalized spacial score (nSPS) is 14.9. The third kappa shape index (κ3) is 3.73. The molecule has 0 saturated heterocycles. The first-order valence-corrected chi connectivity index (χ1v) is 7.40. The molecule has 17 heavy (non-hydrogen) atoms.